The van der Waals surface area contributed by atoms with E-state index in [1.165, 1.54) is 9.36 Å². The monoisotopic (exact) mass is 612 g/mol. The van der Waals surface area contributed by atoms with Crippen molar-refractivity contribution in [2.75, 3.05) is 7.11 Å². The Kier molecular flexibility index (Phi) is 7.13. The first-order valence-electron chi connectivity index (χ1n) is 11.7. The quantitative estimate of drug-likeness (QED) is 0.229. The maximum Gasteiger partial charge on any atom is 0.275 e. The van der Waals surface area contributed by atoms with Crippen molar-refractivity contribution in [2.45, 2.75) is 19.8 Å². The van der Waals surface area contributed by atoms with Crippen LogP contribution in [-0.4, -0.2) is 26.7 Å². The van der Waals surface area contributed by atoms with Gasteiger partial charge in [0, 0.05) is 21.4 Å². The van der Waals surface area contributed by atoms with Crippen molar-refractivity contribution >= 4 is 39.1 Å². The smallest absolute Gasteiger partial charge is 0.275 e. The second-order valence-electron chi connectivity index (χ2n) is 8.80. The van der Waals surface area contributed by atoms with Gasteiger partial charge in [0.1, 0.15) is 5.75 Å². The van der Waals surface area contributed by atoms with Crippen LogP contribution >= 0.6 is 39.1 Å². The number of aromatic nitrogens is 4. The van der Waals surface area contributed by atoms with Gasteiger partial charge < -0.3 is 4.74 Å². The van der Waals surface area contributed by atoms with Gasteiger partial charge in [0.2, 0.25) is 0 Å². The van der Waals surface area contributed by atoms with Crippen LogP contribution in [0.3, 0.4) is 0 Å². The van der Waals surface area contributed by atoms with E-state index in [1.807, 2.05) is 12.1 Å². The summed E-state index contributed by atoms with van der Waals surface area (Å²) in [4.78, 5) is 28.1. The number of aromatic amines is 2. The number of methoxy groups -OCH3 is 1. The molecule has 5 rings (SSSR count). The van der Waals surface area contributed by atoms with Crippen LogP contribution in [0.1, 0.15) is 34.0 Å². The molecule has 194 valence electrons. The lowest BCUT2D eigenvalue weighted by molar-refractivity contribution is 0.409. The van der Waals surface area contributed by atoms with Crippen molar-refractivity contribution < 1.29 is 4.74 Å². The Balaban J connectivity index is 1.84. The molecule has 38 heavy (non-hydrogen) atoms. The summed E-state index contributed by atoms with van der Waals surface area (Å²) < 4.78 is 9.28. The molecule has 0 aliphatic rings. The highest BCUT2D eigenvalue weighted by Crippen LogP contribution is 2.39. The van der Waals surface area contributed by atoms with Crippen molar-refractivity contribution in [3.05, 3.63) is 130 Å². The average Bonchev–Trinajstić information content (AvgIpc) is 3.35. The van der Waals surface area contributed by atoms with E-state index in [4.69, 9.17) is 27.9 Å². The molecular formula is C28H23BrCl2N4O3. The molecule has 2 heterocycles. The highest BCUT2D eigenvalue weighted by Gasteiger charge is 2.33. The molecule has 0 aliphatic carbocycles. The number of hydrogen-bond donors (Lipinski definition) is 2. The summed E-state index contributed by atoms with van der Waals surface area (Å²) in [5.41, 5.74) is 2.98. The van der Waals surface area contributed by atoms with Crippen LogP contribution in [0.25, 0.3) is 11.4 Å². The van der Waals surface area contributed by atoms with E-state index >= 15 is 0 Å². The third kappa shape index (κ3) is 4.42. The highest BCUT2D eigenvalue weighted by molar-refractivity contribution is 9.10. The Morgan fingerprint density at radius 3 is 1.71 bits per heavy atom. The Bertz CT molecular complexity index is 1680. The van der Waals surface area contributed by atoms with E-state index in [0.717, 1.165) is 4.47 Å². The molecule has 2 N–H and O–H groups in total. The standard InChI is InChI=1S/C28H23BrCl2N4O3/c1-15-24(27(36)34(32-15)21-10-6-4-8-19(21)30)26(18-14-17(29)12-13-23(18)38-3)25-16(2)33-35(28(25)37)22-11-7-5-9-20(22)31/h4-14,26,32-33H,1-3H3. The van der Waals surface area contributed by atoms with Crippen LogP contribution in [0.5, 0.6) is 5.75 Å². The topological polar surface area (TPSA) is 84.8 Å². The lowest BCUT2D eigenvalue weighted by atomic mass is 9.84. The SMILES string of the molecule is COc1ccc(Br)cc1C(c1c(C)[nH]n(-c2ccccc2Cl)c1=O)c1c(C)[nH]n(-c2ccccc2Cl)c1=O. The Labute approximate surface area is 236 Å². The zero-order valence-corrected chi connectivity index (χ0v) is 23.8. The molecule has 10 heteroatoms. The van der Waals surface area contributed by atoms with Gasteiger partial charge in [-0.3, -0.25) is 19.8 Å². The molecular weight excluding hydrogens is 591 g/mol. The fraction of sp³-hybridized carbons (Fsp3) is 0.143. The fourth-order valence-corrected chi connectivity index (χ4v) is 5.61. The summed E-state index contributed by atoms with van der Waals surface area (Å²) in [5, 5.41) is 7.14. The van der Waals surface area contributed by atoms with Gasteiger partial charge in [-0.2, -0.15) is 0 Å². The third-order valence-corrected chi connectivity index (χ3v) is 7.63. The molecule has 0 atom stereocenters. The van der Waals surface area contributed by atoms with Crippen molar-refractivity contribution in [2.24, 2.45) is 0 Å². The first kappa shape index (κ1) is 26.2. The number of nitrogens with one attached hydrogen (secondary N) is 2. The summed E-state index contributed by atoms with van der Waals surface area (Å²) >= 11 is 16.4. The van der Waals surface area contributed by atoms with Crippen molar-refractivity contribution in [1.29, 1.82) is 0 Å². The van der Waals surface area contributed by atoms with Gasteiger partial charge in [-0.25, -0.2) is 9.36 Å². The highest BCUT2D eigenvalue weighted by atomic mass is 79.9. The molecule has 7 nitrogen and oxygen atoms in total. The number of hydrogen-bond acceptors (Lipinski definition) is 3. The number of rotatable bonds is 6. The number of para-hydroxylation sites is 2. The van der Waals surface area contributed by atoms with Crippen LogP contribution in [0.15, 0.2) is 80.8 Å². The predicted octanol–water partition coefficient (Wildman–Crippen LogP) is 6.52. The summed E-state index contributed by atoms with van der Waals surface area (Å²) in [6.45, 7) is 3.60. The van der Waals surface area contributed by atoms with Gasteiger partial charge in [-0.05, 0) is 56.3 Å². The lowest BCUT2D eigenvalue weighted by Crippen LogP contribution is -2.26. The van der Waals surface area contributed by atoms with E-state index in [1.54, 1.807) is 75.6 Å². The molecule has 0 unspecified atom stereocenters. The molecule has 3 aromatic carbocycles. The van der Waals surface area contributed by atoms with E-state index in [2.05, 4.69) is 26.1 Å². The van der Waals surface area contributed by atoms with E-state index < -0.39 is 5.92 Å². The summed E-state index contributed by atoms with van der Waals surface area (Å²) in [7, 11) is 1.56. The van der Waals surface area contributed by atoms with Crippen LogP contribution in [-0.2, 0) is 0 Å². The molecule has 5 aromatic rings. The van der Waals surface area contributed by atoms with Crippen LogP contribution in [0.4, 0.5) is 0 Å². The molecule has 0 aliphatic heterocycles. The second-order valence-corrected chi connectivity index (χ2v) is 10.5. The molecule has 0 saturated heterocycles. The molecule has 0 fully saturated rings. The molecule has 0 bridgehead atoms. The predicted molar refractivity (Wildman–Crippen MR) is 154 cm³/mol. The van der Waals surface area contributed by atoms with E-state index in [-0.39, 0.29) is 11.1 Å². The first-order chi connectivity index (χ1) is 18.2. The van der Waals surface area contributed by atoms with Crippen LogP contribution in [0.2, 0.25) is 10.0 Å². The molecule has 0 amide bonds. The van der Waals surface area contributed by atoms with Gasteiger partial charge in [0.25, 0.3) is 11.1 Å². The maximum atomic E-state index is 14.0. The minimum atomic E-state index is -0.776. The molecule has 0 radical (unpaired) electrons. The minimum absolute atomic E-state index is 0.327. The molecule has 0 saturated carbocycles. The number of benzene rings is 3. The van der Waals surface area contributed by atoms with Crippen molar-refractivity contribution in [1.82, 2.24) is 19.6 Å². The summed E-state index contributed by atoms with van der Waals surface area (Å²) in [6, 6.07) is 19.6. The fourth-order valence-electron chi connectivity index (χ4n) is 4.79. The normalized spacial score (nSPS) is 11.3. The van der Waals surface area contributed by atoms with Crippen LogP contribution in [0, 0.1) is 13.8 Å². The number of aryl methyl sites for hydroxylation is 2. The zero-order valence-electron chi connectivity index (χ0n) is 20.7. The maximum absolute atomic E-state index is 14.0. The van der Waals surface area contributed by atoms with E-state index in [9.17, 15) is 9.59 Å². The van der Waals surface area contributed by atoms with Gasteiger partial charge in [0.15, 0.2) is 0 Å². The van der Waals surface area contributed by atoms with Crippen molar-refractivity contribution in [3.63, 3.8) is 0 Å². The van der Waals surface area contributed by atoms with Crippen molar-refractivity contribution in [3.8, 4) is 17.1 Å². The minimum Gasteiger partial charge on any atom is -0.496 e. The number of halogens is 3. The molecule has 0 spiro atoms. The number of ether oxygens (including phenoxy) is 1. The Morgan fingerprint density at radius 1 is 0.789 bits per heavy atom. The second kappa shape index (κ2) is 10.4. The van der Waals surface area contributed by atoms with Crippen LogP contribution < -0.4 is 15.9 Å². The third-order valence-electron chi connectivity index (χ3n) is 6.50. The lowest BCUT2D eigenvalue weighted by Gasteiger charge is -2.19. The average molecular weight is 614 g/mol. The summed E-state index contributed by atoms with van der Waals surface area (Å²) in [6.07, 6.45) is 0. The number of H-pyrrole nitrogens is 2. The molecule has 2 aromatic heterocycles. The first-order valence-corrected chi connectivity index (χ1v) is 13.2. The van der Waals surface area contributed by atoms with Gasteiger partial charge in [-0.1, -0.05) is 63.4 Å². The summed E-state index contributed by atoms with van der Waals surface area (Å²) in [5.74, 6) is -0.241. The Hall–Kier alpha value is -3.46. The largest absolute Gasteiger partial charge is 0.496 e. The van der Waals surface area contributed by atoms with Gasteiger partial charge in [-0.15, -0.1) is 0 Å². The zero-order chi connectivity index (χ0) is 27.1. The van der Waals surface area contributed by atoms with Gasteiger partial charge in [0.05, 0.1) is 45.6 Å². The Morgan fingerprint density at radius 2 is 1.26 bits per heavy atom. The van der Waals surface area contributed by atoms with E-state index in [0.29, 0.717) is 55.2 Å². The number of nitrogens with zero attached hydrogens (tertiary/aromatic N) is 2. The van der Waals surface area contributed by atoms with Gasteiger partial charge >= 0.3 is 0 Å².